The van der Waals surface area contributed by atoms with Gasteiger partial charge in [-0.15, -0.1) is 0 Å². The van der Waals surface area contributed by atoms with E-state index in [1.807, 2.05) is 21.1 Å². The van der Waals surface area contributed by atoms with Crippen LogP contribution in [0.3, 0.4) is 0 Å². The average molecular weight is 655 g/mol. The van der Waals surface area contributed by atoms with Gasteiger partial charge in [0.15, 0.2) is 12.1 Å². The monoisotopic (exact) mass is 655 g/mol. The largest absolute Gasteiger partial charge is 0.477 e. The van der Waals surface area contributed by atoms with Crippen LogP contribution >= 0.6 is 0 Å². The number of hydrogen-bond donors (Lipinski definition) is 1. The number of nitrogens with zero attached hydrogens (tertiary/aromatic N) is 1. The predicted molar refractivity (Wildman–Crippen MR) is 188 cm³/mol. The van der Waals surface area contributed by atoms with Gasteiger partial charge in [0, 0.05) is 19.3 Å². The van der Waals surface area contributed by atoms with Crippen molar-refractivity contribution in [2.45, 2.75) is 174 Å². The Kier molecular flexibility index (Phi) is 29.1. The number of hydrogen-bond acceptors (Lipinski definition) is 6. The quantitative estimate of drug-likeness (QED) is 0.0326. The van der Waals surface area contributed by atoms with Crippen molar-refractivity contribution in [3.8, 4) is 0 Å². The fraction of sp³-hybridized carbons (Fsp3) is 0.868. The van der Waals surface area contributed by atoms with Crippen LogP contribution < -0.4 is 0 Å². The molecule has 0 saturated heterocycles. The third-order valence-corrected chi connectivity index (χ3v) is 8.41. The van der Waals surface area contributed by atoms with Crippen LogP contribution in [0, 0.1) is 0 Å². The number of carbonyl (C=O) groups is 3. The standard InChI is InChI=1S/C38H71NO7/c1-6-8-10-11-12-13-14-15-16-17-18-19-20-21-22-23-24-25-27-29-37(41)46-34(33-45-36(40)28-26-9-7-2)32-44-31-30-35(38(42)43)39(3,4)5/h15-16,34-35H,6-14,17-33H2,1-5H3/p+1/b16-15-. The number of unbranched alkanes of at least 4 members (excludes halogenated alkanes) is 17. The first kappa shape index (κ1) is 44.1. The molecule has 1 N–H and O–H groups in total. The molecule has 0 aliphatic rings. The summed E-state index contributed by atoms with van der Waals surface area (Å²) in [6.07, 6.45) is 29.0. The molecule has 0 fully saturated rings. The third kappa shape index (κ3) is 28.3. The molecule has 270 valence electrons. The lowest BCUT2D eigenvalue weighted by Gasteiger charge is -2.31. The maximum atomic E-state index is 12.5. The average Bonchev–Trinajstić information content (AvgIpc) is 3.00. The maximum Gasteiger partial charge on any atom is 0.362 e. The van der Waals surface area contributed by atoms with E-state index in [0.717, 1.165) is 38.5 Å². The molecular formula is C38H72NO7+. The summed E-state index contributed by atoms with van der Waals surface area (Å²) < 4.78 is 17.0. The zero-order valence-electron chi connectivity index (χ0n) is 30.5. The molecule has 0 aliphatic carbocycles. The summed E-state index contributed by atoms with van der Waals surface area (Å²) in [6, 6.07) is -0.607. The topological polar surface area (TPSA) is 99.1 Å². The predicted octanol–water partition coefficient (Wildman–Crippen LogP) is 9.19. The van der Waals surface area contributed by atoms with E-state index < -0.39 is 18.1 Å². The van der Waals surface area contributed by atoms with E-state index >= 15 is 0 Å². The molecule has 0 bridgehead atoms. The number of carboxylic acids is 1. The van der Waals surface area contributed by atoms with E-state index in [-0.39, 0.29) is 36.2 Å². The fourth-order valence-electron chi connectivity index (χ4n) is 5.44. The highest BCUT2D eigenvalue weighted by atomic mass is 16.6. The Bertz CT molecular complexity index is 778. The lowest BCUT2D eigenvalue weighted by molar-refractivity contribution is -0.887. The van der Waals surface area contributed by atoms with Crippen molar-refractivity contribution in [1.82, 2.24) is 0 Å². The molecule has 0 aromatic carbocycles. The van der Waals surface area contributed by atoms with E-state index in [2.05, 4.69) is 26.0 Å². The smallest absolute Gasteiger partial charge is 0.362 e. The molecule has 2 atom stereocenters. The SMILES string of the molecule is CCCCCCCC/C=C\CCCCCCCCCCCC(=O)OC(COCCC(C(=O)O)[N+](C)(C)C)COC(=O)CCCCC. The number of esters is 2. The van der Waals surface area contributed by atoms with Crippen molar-refractivity contribution in [3.63, 3.8) is 0 Å². The molecule has 0 aliphatic heterocycles. The van der Waals surface area contributed by atoms with Gasteiger partial charge in [0.2, 0.25) is 0 Å². The van der Waals surface area contributed by atoms with Crippen molar-refractivity contribution in [2.75, 3.05) is 41.0 Å². The Morgan fingerprint density at radius 1 is 0.630 bits per heavy atom. The lowest BCUT2D eigenvalue weighted by Crippen LogP contribution is -2.50. The Morgan fingerprint density at radius 3 is 1.61 bits per heavy atom. The Morgan fingerprint density at radius 2 is 1.09 bits per heavy atom. The van der Waals surface area contributed by atoms with Crippen molar-refractivity contribution in [3.05, 3.63) is 12.2 Å². The highest BCUT2D eigenvalue weighted by Gasteiger charge is 2.31. The second-order valence-corrected chi connectivity index (χ2v) is 13.8. The van der Waals surface area contributed by atoms with Gasteiger partial charge in [-0.2, -0.15) is 0 Å². The Labute approximate surface area is 282 Å². The van der Waals surface area contributed by atoms with E-state index in [0.29, 0.717) is 19.3 Å². The van der Waals surface area contributed by atoms with Crippen molar-refractivity contribution in [1.29, 1.82) is 0 Å². The van der Waals surface area contributed by atoms with Crippen LogP contribution in [0.4, 0.5) is 0 Å². The number of likely N-dealkylation sites (N-methyl/N-ethyl adjacent to an activating group) is 1. The van der Waals surface area contributed by atoms with Gasteiger partial charge in [0.25, 0.3) is 0 Å². The summed E-state index contributed by atoms with van der Waals surface area (Å²) in [5.41, 5.74) is 0. The second-order valence-electron chi connectivity index (χ2n) is 13.8. The first-order valence-electron chi connectivity index (χ1n) is 18.7. The summed E-state index contributed by atoms with van der Waals surface area (Å²) in [7, 11) is 5.50. The summed E-state index contributed by atoms with van der Waals surface area (Å²) >= 11 is 0. The number of carbonyl (C=O) groups excluding carboxylic acids is 2. The van der Waals surface area contributed by atoms with Crippen LogP contribution in [0.5, 0.6) is 0 Å². The van der Waals surface area contributed by atoms with Gasteiger partial charge in [0.05, 0.1) is 34.4 Å². The van der Waals surface area contributed by atoms with Gasteiger partial charge < -0.3 is 23.8 Å². The molecule has 0 rings (SSSR count). The molecule has 0 heterocycles. The van der Waals surface area contributed by atoms with Crippen LogP contribution in [0.15, 0.2) is 12.2 Å². The number of allylic oxidation sites excluding steroid dienone is 2. The number of rotatable bonds is 33. The molecular weight excluding hydrogens is 582 g/mol. The minimum atomic E-state index is -0.877. The fourth-order valence-corrected chi connectivity index (χ4v) is 5.44. The van der Waals surface area contributed by atoms with Gasteiger partial charge in [-0.25, -0.2) is 4.79 Å². The second kappa shape index (κ2) is 30.4. The normalized spacial score (nSPS) is 13.2. The number of carboxylic acid groups (broad SMARTS) is 1. The lowest BCUT2D eigenvalue weighted by atomic mass is 10.1. The molecule has 8 nitrogen and oxygen atoms in total. The van der Waals surface area contributed by atoms with Crippen molar-refractivity contribution >= 4 is 17.9 Å². The first-order valence-corrected chi connectivity index (χ1v) is 18.7. The first-order chi connectivity index (χ1) is 22.1. The summed E-state index contributed by atoms with van der Waals surface area (Å²) in [4.78, 5) is 36.3. The van der Waals surface area contributed by atoms with Crippen LogP contribution in [0.25, 0.3) is 0 Å². The third-order valence-electron chi connectivity index (χ3n) is 8.41. The van der Waals surface area contributed by atoms with E-state index in [1.165, 1.54) is 89.9 Å². The number of aliphatic carboxylic acids is 1. The number of quaternary nitrogens is 1. The summed E-state index contributed by atoms with van der Waals surface area (Å²) in [6.45, 7) is 4.56. The summed E-state index contributed by atoms with van der Waals surface area (Å²) in [5, 5.41) is 9.52. The molecule has 0 amide bonds. The molecule has 46 heavy (non-hydrogen) atoms. The Hall–Kier alpha value is -1.93. The minimum Gasteiger partial charge on any atom is -0.477 e. The number of ether oxygens (including phenoxy) is 3. The van der Waals surface area contributed by atoms with Gasteiger partial charge in [-0.05, 0) is 38.5 Å². The van der Waals surface area contributed by atoms with Gasteiger partial charge >= 0.3 is 17.9 Å². The van der Waals surface area contributed by atoms with E-state index in [9.17, 15) is 19.5 Å². The van der Waals surface area contributed by atoms with Gasteiger partial charge in [-0.3, -0.25) is 9.59 Å². The molecule has 2 unspecified atom stereocenters. The molecule has 8 heteroatoms. The molecule has 0 saturated carbocycles. The van der Waals surface area contributed by atoms with Gasteiger partial charge in [-0.1, -0.05) is 116 Å². The van der Waals surface area contributed by atoms with Crippen LogP contribution in [-0.4, -0.2) is 80.6 Å². The van der Waals surface area contributed by atoms with Gasteiger partial charge in [0.1, 0.15) is 6.61 Å². The molecule has 0 aromatic rings. The summed E-state index contributed by atoms with van der Waals surface area (Å²) in [5.74, 6) is -1.50. The molecule has 0 aromatic heterocycles. The maximum absolute atomic E-state index is 12.5. The Balaban J connectivity index is 4.12. The highest BCUT2D eigenvalue weighted by Crippen LogP contribution is 2.14. The minimum absolute atomic E-state index is 0.0517. The van der Waals surface area contributed by atoms with E-state index in [1.54, 1.807) is 0 Å². The molecule has 0 spiro atoms. The van der Waals surface area contributed by atoms with Crippen LogP contribution in [0.2, 0.25) is 0 Å². The van der Waals surface area contributed by atoms with Crippen LogP contribution in [-0.2, 0) is 28.6 Å². The highest BCUT2D eigenvalue weighted by molar-refractivity contribution is 5.72. The van der Waals surface area contributed by atoms with E-state index in [4.69, 9.17) is 14.2 Å². The zero-order valence-corrected chi connectivity index (χ0v) is 30.5. The molecule has 0 radical (unpaired) electrons. The van der Waals surface area contributed by atoms with Crippen LogP contribution in [0.1, 0.15) is 162 Å². The zero-order chi connectivity index (χ0) is 34.3. The van der Waals surface area contributed by atoms with Crippen molar-refractivity contribution in [2.24, 2.45) is 0 Å². The van der Waals surface area contributed by atoms with Crippen molar-refractivity contribution < 1.29 is 38.2 Å².